The summed E-state index contributed by atoms with van der Waals surface area (Å²) in [4.78, 5) is 15.0. The number of anilines is 1. The number of nitriles is 1. The Hall–Kier alpha value is -1.34. The topological polar surface area (TPSA) is 44.1 Å². The molecule has 0 bridgehead atoms. The van der Waals surface area contributed by atoms with Gasteiger partial charge in [-0.1, -0.05) is 6.42 Å². The predicted octanol–water partition coefficient (Wildman–Crippen LogP) is 3.02. The first-order valence-corrected chi connectivity index (χ1v) is 7.48. The maximum atomic E-state index is 11.8. The number of fused-ring (bicyclic) bond motifs is 1. The van der Waals surface area contributed by atoms with Crippen LogP contribution in [0.1, 0.15) is 48.1 Å². The summed E-state index contributed by atoms with van der Waals surface area (Å²) in [5.41, 5.74) is 2.02. The normalized spacial score (nSPS) is 19.5. The minimum atomic E-state index is 0.183. The van der Waals surface area contributed by atoms with Gasteiger partial charge in [0, 0.05) is 17.8 Å². The minimum absolute atomic E-state index is 0.183. The lowest BCUT2D eigenvalue weighted by molar-refractivity contribution is -0.117. The summed E-state index contributed by atoms with van der Waals surface area (Å²) in [5, 5.41) is 10.3. The molecule has 0 spiro atoms. The van der Waals surface area contributed by atoms with E-state index in [0.717, 1.165) is 36.4 Å². The highest BCUT2D eigenvalue weighted by Gasteiger charge is 2.29. The van der Waals surface area contributed by atoms with E-state index in [-0.39, 0.29) is 5.91 Å². The van der Waals surface area contributed by atoms with Gasteiger partial charge in [0.05, 0.1) is 5.56 Å². The van der Waals surface area contributed by atoms with Crippen LogP contribution in [0.5, 0.6) is 0 Å². The molecular formula is C14H16N2OS. The van der Waals surface area contributed by atoms with Crippen molar-refractivity contribution in [1.82, 2.24) is 0 Å². The molecule has 1 amide bonds. The number of thiophene rings is 1. The van der Waals surface area contributed by atoms with Crippen molar-refractivity contribution in [2.24, 2.45) is 0 Å². The molecule has 0 N–H and O–H groups in total. The number of amides is 1. The number of nitrogens with zero attached hydrogens (tertiary/aromatic N) is 2. The van der Waals surface area contributed by atoms with Crippen LogP contribution in [0.2, 0.25) is 0 Å². The largest absolute Gasteiger partial charge is 0.303 e. The average Bonchev–Trinajstić information content (AvgIpc) is 2.86. The van der Waals surface area contributed by atoms with E-state index >= 15 is 0 Å². The lowest BCUT2D eigenvalue weighted by atomic mass is 10.1. The summed E-state index contributed by atoms with van der Waals surface area (Å²) in [5.74, 6) is 0.183. The van der Waals surface area contributed by atoms with E-state index in [1.165, 1.54) is 29.7 Å². The summed E-state index contributed by atoms with van der Waals surface area (Å²) >= 11 is 1.68. The molecule has 3 nitrogen and oxygen atoms in total. The molecule has 0 unspecified atom stereocenters. The fourth-order valence-electron chi connectivity index (χ4n) is 2.90. The zero-order chi connectivity index (χ0) is 12.5. The number of aryl methyl sites for hydroxylation is 1. The Kier molecular flexibility index (Phi) is 3.09. The second-order valence-electron chi connectivity index (χ2n) is 5.01. The van der Waals surface area contributed by atoms with Crippen molar-refractivity contribution in [3.8, 4) is 6.07 Å². The van der Waals surface area contributed by atoms with Gasteiger partial charge in [-0.3, -0.25) is 4.79 Å². The van der Waals surface area contributed by atoms with Crippen LogP contribution >= 0.6 is 11.3 Å². The van der Waals surface area contributed by atoms with Gasteiger partial charge in [0.2, 0.25) is 5.91 Å². The number of hydrogen-bond acceptors (Lipinski definition) is 3. The lowest BCUT2D eigenvalue weighted by Crippen LogP contribution is -2.23. The van der Waals surface area contributed by atoms with Crippen LogP contribution in [0.3, 0.4) is 0 Å². The van der Waals surface area contributed by atoms with E-state index < -0.39 is 0 Å². The molecule has 0 saturated carbocycles. The first-order valence-electron chi connectivity index (χ1n) is 6.66. The fraction of sp³-hybridized carbons (Fsp3) is 0.571. The van der Waals surface area contributed by atoms with Crippen LogP contribution < -0.4 is 4.90 Å². The third-order valence-corrected chi connectivity index (χ3v) is 5.15. The Bertz CT molecular complexity index is 527. The average molecular weight is 260 g/mol. The predicted molar refractivity (Wildman–Crippen MR) is 71.9 cm³/mol. The molecule has 4 heteroatoms. The molecule has 1 aliphatic carbocycles. The van der Waals surface area contributed by atoms with E-state index in [1.807, 2.05) is 4.90 Å². The Morgan fingerprint density at radius 2 is 1.94 bits per heavy atom. The molecule has 0 atom stereocenters. The quantitative estimate of drug-likeness (QED) is 0.728. The van der Waals surface area contributed by atoms with Crippen LogP contribution in [0, 0.1) is 11.3 Å². The van der Waals surface area contributed by atoms with E-state index in [4.69, 9.17) is 0 Å². The van der Waals surface area contributed by atoms with E-state index in [9.17, 15) is 10.1 Å². The van der Waals surface area contributed by atoms with Gasteiger partial charge < -0.3 is 4.90 Å². The molecule has 3 rings (SSSR count). The molecule has 2 aliphatic rings. The number of rotatable bonds is 1. The van der Waals surface area contributed by atoms with Crippen LogP contribution in [0.4, 0.5) is 5.00 Å². The summed E-state index contributed by atoms with van der Waals surface area (Å²) in [7, 11) is 0. The van der Waals surface area contributed by atoms with Crippen molar-refractivity contribution in [2.45, 2.75) is 44.9 Å². The summed E-state index contributed by atoms with van der Waals surface area (Å²) < 4.78 is 0. The van der Waals surface area contributed by atoms with Crippen molar-refractivity contribution < 1.29 is 4.79 Å². The molecular weight excluding hydrogens is 244 g/mol. The SMILES string of the molecule is N#Cc1c(N2CCCC2=O)sc2c1CCCCC2. The maximum absolute atomic E-state index is 11.8. The van der Waals surface area contributed by atoms with E-state index in [1.54, 1.807) is 11.3 Å². The minimum Gasteiger partial charge on any atom is -0.303 e. The van der Waals surface area contributed by atoms with Crippen LogP contribution in [0.15, 0.2) is 0 Å². The molecule has 1 saturated heterocycles. The van der Waals surface area contributed by atoms with Crippen LogP contribution in [-0.4, -0.2) is 12.5 Å². The van der Waals surface area contributed by atoms with Crippen molar-refractivity contribution in [1.29, 1.82) is 5.26 Å². The zero-order valence-electron chi connectivity index (χ0n) is 10.4. The van der Waals surface area contributed by atoms with E-state index in [2.05, 4.69) is 6.07 Å². The Balaban J connectivity index is 2.05. The van der Waals surface area contributed by atoms with Gasteiger partial charge in [0.25, 0.3) is 0 Å². The molecule has 1 fully saturated rings. The number of hydrogen-bond donors (Lipinski definition) is 0. The molecule has 1 aliphatic heterocycles. The molecule has 1 aromatic heterocycles. The summed E-state index contributed by atoms with van der Waals surface area (Å²) in [6.07, 6.45) is 7.29. The number of carbonyl (C=O) groups is 1. The Morgan fingerprint density at radius 1 is 1.11 bits per heavy atom. The monoisotopic (exact) mass is 260 g/mol. The van der Waals surface area contributed by atoms with Crippen molar-refractivity contribution in [3.05, 3.63) is 16.0 Å². The first kappa shape index (κ1) is 11.7. The van der Waals surface area contributed by atoms with Crippen LogP contribution in [-0.2, 0) is 17.6 Å². The third-order valence-electron chi connectivity index (χ3n) is 3.83. The highest BCUT2D eigenvalue weighted by atomic mass is 32.1. The standard InChI is InChI=1S/C14H16N2OS/c15-9-11-10-5-2-1-3-6-12(10)18-14(11)16-8-4-7-13(16)17/h1-8H2. The second-order valence-corrected chi connectivity index (χ2v) is 6.09. The smallest absolute Gasteiger partial charge is 0.227 e. The molecule has 1 aromatic rings. The molecule has 0 aromatic carbocycles. The lowest BCUT2D eigenvalue weighted by Gasteiger charge is -2.13. The summed E-state index contributed by atoms with van der Waals surface area (Å²) in [6.45, 7) is 0.785. The van der Waals surface area contributed by atoms with Gasteiger partial charge in [-0.15, -0.1) is 11.3 Å². The second kappa shape index (κ2) is 4.74. The molecule has 94 valence electrons. The van der Waals surface area contributed by atoms with Gasteiger partial charge in [-0.05, 0) is 37.7 Å². The van der Waals surface area contributed by atoms with Crippen LogP contribution in [0.25, 0.3) is 0 Å². The van der Waals surface area contributed by atoms with Gasteiger partial charge in [-0.2, -0.15) is 5.26 Å². The Labute approximate surface area is 111 Å². The van der Waals surface area contributed by atoms with Gasteiger partial charge in [-0.25, -0.2) is 0 Å². The highest BCUT2D eigenvalue weighted by Crippen LogP contribution is 2.40. The van der Waals surface area contributed by atoms with Gasteiger partial charge >= 0.3 is 0 Å². The van der Waals surface area contributed by atoms with Crippen molar-refractivity contribution in [2.75, 3.05) is 11.4 Å². The fourth-order valence-corrected chi connectivity index (χ4v) is 4.28. The molecule has 2 heterocycles. The van der Waals surface area contributed by atoms with Gasteiger partial charge in [0.1, 0.15) is 11.1 Å². The third kappa shape index (κ3) is 1.83. The first-order chi connectivity index (χ1) is 8.81. The highest BCUT2D eigenvalue weighted by molar-refractivity contribution is 7.16. The van der Waals surface area contributed by atoms with E-state index in [0.29, 0.717) is 6.42 Å². The van der Waals surface area contributed by atoms with Crippen molar-refractivity contribution in [3.63, 3.8) is 0 Å². The van der Waals surface area contributed by atoms with Crippen molar-refractivity contribution >= 4 is 22.2 Å². The van der Waals surface area contributed by atoms with Gasteiger partial charge in [0.15, 0.2) is 0 Å². The molecule has 0 radical (unpaired) electrons. The summed E-state index contributed by atoms with van der Waals surface area (Å²) in [6, 6.07) is 2.35. The Morgan fingerprint density at radius 3 is 2.67 bits per heavy atom. The zero-order valence-corrected chi connectivity index (χ0v) is 11.2. The molecule has 18 heavy (non-hydrogen) atoms. The number of carbonyl (C=O) groups excluding carboxylic acids is 1. The maximum Gasteiger partial charge on any atom is 0.227 e.